The predicted octanol–water partition coefficient (Wildman–Crippen LogP) is 2.35. The van der Waals surface area contributed by atoms with Gasteiger partial charge in [0, 0.05) is 22.7 Å². The summed E-state index contributed by atoms with van der Waals surface area (Å²) in [6.07, 6.45) is 2.12. The van der Waals surface area contributed by atoms with Gasteiger partial charge in [-0.2, -0.15) is 0 Å². The van der Waals surface area contributed by atoms with Crippen molar-refractivity contribution in [3.63, 3.8) is 0 Å². The second kappa shape index (κ2) is 6.04. The first-order valence-corrected chi connectivity index (χ1v) is 8.33. The third kappa shape index (κ3) is 2.83. The summed E-state index contributed by atoms with van der Waals surface area (Å²) in [7, 11) is 0. The van der Waals surface area contributed by atoms with Crippen LogP contribution in [-0.4, -0.2) is 27.3 Å². The molecule has 1 amide bonds. The maximum Gasteiger partial charge on any atom is 0.254 e. The highest BCUT2D eigenvalue weighted by molar-refractivity contribution is 7.10. The van der Waals surface area contributed by atoms with Crippen molar-refractivity contribution in [1.82, 2.24) is 14.9 Å². The largest absolute Gasteiger partial charge is 0.335 e. The Morgan fingerprint density at radius 1 is 1.50 bits per heavy atom. The molecule has 3 rings (SSSR count). The van der Waals surface area contributed by atoms with E-state index in [9.17, 15) is 9.59 Å². The van der Waals surface area contributed by atoms with Gasteiger partial charge < -0.3 is 9.88 Å². The number of likely N-dealkylation sites (tertiary alicyclic amines) is 1. The van der Waals surface area contributed by atoms with Gasteiger partial charge in [-0.3, -0.25) is 9.59 Å². The zero-order valence-corrected chi connectivity index (χ0v) is 13.6. The number of carbonyl (C=O) groups excluding carboxylic acids is 1. The number of aryl methyl sites for hydroxylation is 2. The molecule has 2 aromatic heterocycles. The lowest BCUT2D eigenvalue weighted by Crippen LogP contribution is -2.33. The lowest BCUT2D eigenvalue weighted by atomic mass is 10.1. The van der Waals surface area contributed by atoms with E-state index in [1.54, 1.807) is 25.2 Å². The molecular weight excluding hydrogens is 298 g/mol. The fourth-order valence-electron chi connectivity index (χ4n) is 3.05. The van der Waals surface area contributed by atoms with Crippen LogP contribution in [0.3, 0.4) is 0 Å². The van der Waals surface area contributed by atoms with Crippen molar-refractivity contribution >= 4 is 17.2 Å². The molecule has 5 nitrogen and oxygen atoms in total. The number of hydrogen-bond acceptors (Lipinski definition) is 4. The quantitative estimate of drug-likeness (QED) is 0.945. The van der Waals surface area contributed by atoms with Crippen LogP contribution in [0.4, 0.5) is 0 Å². The van der Waals surface area contributed by atoms with Gasteiger partial charge in [-0.15, -0.1) is 11.3 Å². The lowest BCUT2D eigenvalue weighted by Gasteiger charge is -2.24. The third-order valence-corrected chi connectivity index (χ3v) is 5.09. The molecule has 1 fully saturated rings. The molecular formula is C16H19N3O2S. The monoisotopic (exact) mass is 317 g/mol. The van der Waals surface area contributed by atoms with Crippen LogP contribution < -0.4 is 5.56 Å². The maximum atomic E-state index is 12.7. The molecule has 1 atom stereocenters. The molecule has 0 aromatic carbocycles. The molecule has 22 heavy (non-hydrogen) atoms. The average Bonchev–Trinajstić information content (AvgIpc) is 3.11. The van der Waals surface area contributed by atoms with Crippen LogP contribution in [0, 0.1) is 13.8 Å². The molecule has 0 aliphatic carbocycles. The molecule has 1 N–H and O–H groups in total. The zero-order valence-electron chi connectivity index (χ0n) is 12.8. The Morgan fingerprint density at radius 2 is 2.32 bits per heavy atom. The molecule has 0 bridgehead atoms. The summed E-state index contributed by atoms with van der Waals surface area (Å²) < 4.78 is 0. The summed E-state index contributed by atoms with van der Waals surface area (Å²) in [5.41, 5.74) is 0.916. The number of H-pyrrole nitrogens is 1. The van der Waals surface area contributed by atoms with Crippen LogP contribution in [0.25, 0.3) is 0 Å². The predicted molar refractivity (Wildman–Crippen MR) is 86.0 cm³/mol. The molecule has 2 aromatic rings. The van der Waals surface area contributed by atoms with Crippen molar-refractivity contribution in [2.24, 2.45) is 0 Å². The van der Waals surface area contributed by atoms with Gasteiger partial charge in [0.25, 0.3) is 5.56 Å². The number of nitrogens with one attached hydrogen (secondary N) is 1. The van der Waals surface area contributed by atoms with Crippen molar-refractivity contribution in [2.45, 2.75) is 39.2 Å². The minimum absolute atomic E-state index is 0.00940. The fraction of sp³-hybridized carbons (Fsp3) is 0.438. The van der Waals surface area contributed by atoms with E-state index in [-0.39, 0.29) is 23.9 Å². The number of nitrogens with zero attached hydrogens (tertiary/aromatic N) is 2. The molecule has 6 heteroatoms. The van der Waals surface area contributed by atoms with E-state index in [0.29, 0.717) is 17.1 Å². The van der Waals surface area contributed by atoms with Gasteiger partial charge in [0.1, 0.15) is 5.82 Å². The van der Waals surface area contributed by atoms with Crippen molar-refractivity contribution in [3.05, 3.63) is 49.8 Å². The highest BCUT2D eigenvalue weighted by atomic mass is 32.1. The van der Waals surface area contributed by atoms with Crippen molar-refractivity contribution in [2.75, 3.05) is 6.54 Å². The molecule has 3 heterocycles. The smallest absolute Gasteiger partial charge is 0.254 e. The van der Waals surface area contributed by atoms with E-state index >= 15 is 0 Å². The summed E-state index contributed by atoms with van der Waals surface area (Å²) in [4.78, 5) is 34.8. The Kier molecular flexibility index (Phi) is 4.11. The number of amides is 1. The summed E-state index contributed by atoms with van der Waals surface area (Å²) in [6, 6.07) is 4.25. The maximum absolute atomic E-state index is 12.7. The molecule has 116 valence electrons. The molecule has 1 saturated heterocycles. The first-order valence-electron chi connectivity index (χ1n) is 7.45. The standard InChI is InChI=1S/C16H19N3O2S/c1-10-12(16(21)18-11(2)17-10)9-15(20)19-7-3-5-13(19)14-6-4-8-22-14/h4,6,8,13H,3,5,7,9H2,1-2H3,(H,17,18,21). The second-order valence-electron chi connectivity index (χ2n) is 5.65. The van der Waals surface area contributed by atoms with Crippen LogP contribution in [0.5, 0.6) is 0 Å². The van der Waals surface area contributed by atoms with E-state index in [0.717, 1.165) is 19.4 Å². The lowest BCUT2D eigenvalue weighted by molar-refractivity contribution is -0.131. The van der Waals surface area contributed by atoms with Gasteiger partial charge in [0.15, 0.2) is 0 Å². The summed E-state index contributed by atoms with van der Waals surface area (Å²) in [5.74, 6) is 0.589. The summed E-state index contributed by atoms with van der Waals surface area (Å²) in [5, 5.41) is 2.04. The fourth-order valence-corrected chi connectivity index (χ4v) is 3.93. The topological polar surface area (TPSA) is 66.1 Å². The van der Waals surface area contributed by atoms with Crippen LogP contribution in [-0.2, 0) is 11.2 Å². The molecule has 0 spiro atoms. The Labute approximate surface area is 133 Å². The molecule has 1 aliphatic heterocycles. The van der Waals surface area contributed by atoms with Crippen LogP contribution in [0.2, 0.25) is 0 Å². The molecule has 0 radical (unpaired) electrons. The highest BCUT2D eigenvalue weighted by Crippen LogP contribution is 2.34. The normalized spacial score (nSPS) is 17.9. The number of carbonyl (C=O) groups is 1. The van der Waals surface area contributed by atoms with Gasteiger partial charge in [0.2, 0.25) is 5.91 Å². The van der Waals surface area contributed by atoms with Crippen LogP contribution in [0.1, 0.15) is 40.8 Å². The van der Waals surface area contributed by atoms with Gasteiger partial charge in [-0.05, 0) is 38.1 Å². The molecule has 1 aliphatic rings. The van der Waals surface area contributed by atoms with Crippen molar-refractivity contribution in [1.29, 1.82) is 0 Å². The van der Waals surface area contributed by atoms with E-state index in [1.807, 2.05) is 16.3 Å². The number of aromatic nitrogens is 2. The first-order chi connectivity index (χ1) is 10.6. The van der Waals surface area contributed by atoms with Crippen molar-refractivity contribution in [3.8, 4) is 0 Å². The minimum Gasteiger partial charge on any atom is -0.335 e. The van der Waals surface area contributed by atoms with E-state index < -0.39 is 0 Å². The van der Waals surface area contributed by atoms with Gasteiger partial charge in [-0.25, -0.2) is 4.98 Å². The van der Waals surface area contributed by atoms with Gasteiger partial charge in [0.05, 0.1) is 12.5 Å². The Balaban J connectivity index is 1.81. The summed E-state index contributed by atoms with van der Waals surface area (Å²) in [6.45, 7) is 4.29. The molecule has 0 saturated carbocycles. The van der Waals surface area contributed by atoms with Gasteiger partial charge >= 0.3 is 0 Å². The number of hydrogen-bond donors (Lipinski definition) is 1. The van der Waals surface area contributed by atoms with Crippen LogP contribution in [0.15, 0.2) is 22.3 Å². The van der Waals surface area contributed by atoms with E-state index in [4.69, 9.17) is 0 Å². The highest BCUT2D eigenvalue weighted by Gasteiger charge is 2.31. The zero-order chi connectivity index (χ0) is 15.7. The number of rotatable bonds is 3. The Hall–Kier alpha value is -1.95. The summed E-state index contributed by atoms with van der Waals surface area (Å²) >= 11 is 1.68. The molecule has 1 unspecified atom stereocenters. The van der Waals surface area contributed by atoms with Crippen LogP contribution >= 0.6 is 11.3 Å². The first kappa shape index (κ1) is 15.0. The van der Waals surface area contributed by atoms with Crippen molar-refractivity contribution < 1.29 is 4.79 Å². The average molecular weight is 317 g/mol. The Morgan fingerprint density at radius 3 is 3.00 bits per heavy atom. The SMILES string of the molecule is Cc1nc(C)c(CC(=O)N2CCCC2c2cccs2)c(=O)[nH]1. The van der Waals surface area contributed by atoms with E-state index in [1.165, 1.54) is 4.88 Å². The number of thiophene rings is 1. The number of aromatic amines is 1. The Bertz CT molecular complexity index is 736. The third-order valence-electron chi connectivity index (χ3n) is 4.11. The van der Waals surface area contributed by atoms with E-state index in [2.05, 4.69) is 16.0 Å². The minimum atomic E-state index is -0.203. The van der Waals surface area contributed by atoms with Gasteiger partial charge in [-0.1, -0.05) is 6.07 Å². The second-order valence-corrected chi connectivity index (χ2v) is 6.63.